The van der Waals surface area contributed by atoms with Crippen molar-refractivity contribution in [2.24, 2.45) is 0 Å². The van der Waals surface area contributed by atoms with E-state index in [2.05, 4.69) is 11.4 Å². The maximum absolute atomic E-state index is 12.5. The van der Waals surface area contributed by atoms with Gasteiger partial charge in [0.05, 0.1) is 7.11 Å². The molecule has 0 bridgehead atoms. The summed E-state index contributed by atoms with van der Waals surface area (Å²) in [5.41, 5.74) is 3.05. The zero-order valence-corrected chi connectivity index (χ0v) is 15.0. The van der Waals surface area contributed by atoms with Crippen LogP contribution in [0.15, 0.2) is 47.9 Å². The van der Waals surface area contributed by atoms with E-state index in [1.54, 1.807) is 11.3 Å². The quantitative estimate of drug-likeness (QED) is 0.801. The number of ether oxygens (including phenoxy) is 1. The first-order valence-electron chi connectivity index (χ1n) is 8.38. The molecule has 1 aromatic carbocycles. The molecule has 0 fully saturated rings. The van der Waals surface area contributed by atoms with E-state index in [0.717, 1.165) is 23.3 Å². The van der Waals surface area contributed by atoms with Crippen molar-refractivity contribution in [2.45, 2.75) is 31.7 Å². The van der Waals surface area contributed by atoms with Gasteiger partial charge in [-0.25, -0.2) is 4.79 Å². The smallest absolute Gasteiger partial charge is 0.328 e. The molecule has 0 aliphatic heterocycles. The second-order valence-corrected chi connectivity index (χ2v) is 7.06. The third kappa shape index (κ3) is 4.37. The molecule has 0 radical (unpaired) electrons. The number of thiophene rings is 1. The third-order valence-electron chi connectivity index (χ3n) is 4.34. The summed E-state index contributed by atoms with van der Waals surface area (Å²) in [4.78, 5) is 25.5. The lowest BCUT2D eigenvalue weighted by molar-refractivity contribution is -0.142. The molecule has 0 saturated carbocycles. The van der Waals surface area contributed by atoms with Gasteiger partial charge in [-0.05, 0) is 54.0 Å². The van der Waals surface area contributed by atoms with Crippen molar-refractivity contribution in [2.75, 3.05) is 7.11 Å². The first-order valence-corrected chi connectivity index (χ1v) is 9.26. The van der Waals surface area contributed by atoms with Gasteiger partial charge in [-0.15, -0.1) is 11.3 Å². The van der Waals surface area contributed by atoms with Crippen molar-refractivity contribution in [1.29, 1.82) is 0 Å². The molecule has 1 heterocycles. The fraction of sp³-hybridized carbons (Fsp3) is 0.300. The fourth-order valence-corrected chi connectivity index (χ4v) is 3.73. The number of nitrogens with one attached hydrogen (secondary N) is 1. The molecular formula is C20H21NO3S. The minimum Gasteiger partial charge on any atom is -0.467 e. The van der Waals surface area contributed by atoms with Gasteiger partial charge in [-0.1, -0.05) is 24.3 Å². The van der Waals surface area contributed by atoms with E-state index in [9.17, 15) is 9.59 Å². The van der Waals surface area contributed by atoms with Crippen molar-refractivity contribution in [1.82, 2.24) is 5.32 Å². The Balaban J connectivity index is 1.68. The van der Waals surface area contributed by atoms with Gasteiger partial charge in [0.25, 0.3) is 5.91 Å². The van der Waals surface area contributed by atoms with E-state index in [-0.39, 0.29) is 5.91 Å². The molecule has 1 N–H and O–H groups in total. The van der Waals surface area contributed by atoms with Gasteiger partial charge >= 0.3 is 5.97 Å². The molecule has 0 saturated heterocycles. The van der Waals surface area contributed by atoms with E-state index in [4.69, 9.17) is 4.74 Å². The number of carbonyl (C=O) groups is 2. The zero-order valence-electron chi connectivity index (χ0n) is 14.2. The Bertz CT molecular complexity index is 763. The summed E-state index contributed by atoms with van der Waals surface area (Å²) >= 11 is 1.55. The highest BCUT2D eigenvalue weighted by Gasteiger charge is 2.23. The van der Waals surface area contributed by atoms with Gasteiger partial charge in [0.15, 0.2) is 0 Å². The molecule has 130 valence electrons. The standard InChI is InChI=1S/C20H21NO3S/c1-24-20(23)18(13-17-7-4-12-25-17)21-19(22)16-10-8-15(9-11-16)14-5-2-3-6-14/h4-5,7-12,18H,2-3,6,13H2,1H3,(H,21,22). The van der Waals surface area contributed by atoms with Crippen molar-refractivity contribution < 1.29 is 14.3 Å². The molecule has 1 atom stereocenters. The maximum Gasteiger partial charge on any atom is 0.328 e. The SMILES string of the molecule is COC(=O)C(Cc1cccs1)NC(=O)c1ccc(C2=CCCC2)cc1. The monoisotopic (exact) mass is 355 g/mol. The topological polar surface area (TPSA) is 55.4 Å². The van der Waals surface area contributed by atoms with Crippen molar-refractivity contribution >= 4 is 28.8 Å². The summed E-state index contributed by atoms with van der Waals surface area (Å²) < 4.78 is 4.83. The van der Waals surface area contributed by atoms with Crippen LogP contribution in [0.2, 0.25) is 0 Å². The summed E-state index contributed by atoms with van der Waals surface area (Å²) in [6.07, 6.45) is 6.10. The Morgan fingerprint density at radius 3 is 2.64 bits per heavy atom. The van der Waals surface area contributed by atoms with Gasteiger partial charge in [-0.3, -0.25) is 4.79 Å². The van der Waals surface area contributed by atoms with Gasteiger partial charge in [0.1, 0.15) is 6.04 Å². The molecule has 5 heteroatoms. The number of hydrogen-bond acceptors (Lipinski definition) is 4. The molecular weight excluding hydrogens is 334 g/mol. The number of benzene rings is 1. The van der Waals surface area contributed by atoms with Crippen LogP contribution < -0.4 is 5.32 Å². The number of methoxy groups -OCH3 is 1. The second kappa shape index (κ2) is 8.12. The number of amides is 1. The number of carbonyl (C=O) groups excluding carboxylic acids is 2. The summed E-state index contributed by atoms with van der Waals surface area (Å²) in [7, 11) is 1.33. The number of rotatable bonds is 6. The van der Waals surface area contributed by atoms with Crippen LogP contribution in [0.5, 0.6) is 0 Å². The Kier molecular flexibility index (Phi) is 5.66. The second-order valence-electron chi connectivity index (χ2n) is 6.03. The van der Waals surface area contributed by atoms with Crippen LogP contribution in [0.3, 0.4) is 0 Å². The van der Waals surface area contributed by atoms with E-state index >= 15 is 0 Å². The fourth-order valence-electron chi connectivity index (χ4n) is 2.98. The zero-order chi connectivity index (χ0) is 17.6. The van der Waals surface area contributed by atoms with Crippen LogP contribution in [-0.2, 0) is 16.0 Å². The van der Waals surface area contributed by atoms with Crippen LogP contribution in [0, 0.1) is 0 Å². The van der Waals surface area contributed by atoms with Crippen LogP contribution in [-0.4, -0.2) is 25.0 Å². The third-order valence-corrected chi connectivity index (χ3v) is 5.23. The molecule has 25 heavy (non-hydrogen) atoms. The molecule has 1 aliphatic carbocycles. The Morgan fingerprint density at radius 2 is 2.04 bits per heavy atom. The van der Waals surface area contributed by atoms with E-state index in [1.807, 2.05) is 41.8 Å². The van der Waals surface area contributed by atoms with E-state index in [1.165, 1.54) is 19.1 Å². The molecule has 2 aromatic rings. The molecule has 4 nitrogen and oxygen atoms in total. The number of esters is 1. The summed E-state index contributed by atoms with van der Waals surface area (Å²) in [6, 6.07) is 10.7. The average Bonchev–Trinajstić information content (AvgIpc) is 3.34. The lowest BCUT2D eigenvalue weighted by atomic mass is 10.0. The predicted octanol–water partition coefficient (Wildman–Crippen LogP) is 3.83. The van der Waals surface area contributed by atoms with Crippen molar-refractivity contribution in [3.05, 3.63) is 63.9 Å². The Hall–Kier alpha value is -2.40. The number of hydrogen-bond donors (Lipinski definition) is 1. The average molecular weight is 355 g/mol. The summed E-state index contributed by atoms with van der Waals surface area (Å²) in [5.74, 6) is -0.701. The predicted molar refractivity (Wildman–Crippen MR) is 99.6 cm³/mol. The van der Waals surface area contributed by atoms with Crippen LogP contribution in [0.4, 0.5) is 0 Å². The van der Waals surface area contributed by atoms with Gasteiger partial charge < -0.3 is 10.1 Å². The first kappa shape index (κ1) is 17.4. The minimum atomic E-state index is -0.687. The van der Waals surface area contributed by atoms with Gasteiger partial charge in [0, 0.05) is 16.9 Å². The molecule has 3 rings (SSSR count). The normalized spacial score (nSPS) is 14.7. The Labute approximate surface area is 151 Å². The maximum atomic E-state index is 12.5. The molecule has 1 aromatic heterocycles. The van der Waals surface area contributed by atoms with E-state index < -0.39 is 12.0 Å². The largest absolute Gasteiger partial charge is 0.467 e. The van der Waals surface area contributed by atoms with Crippen molar-refractivity contribution in [3.8, 4) is 0 Å². The lowest BCUT2D eigenvalue weighted by Crippen LogP contribution is -2.42. The first-order chi connectivity index (χ1) is 12.2. The van der Waals surface area contributed by atoms with E-state index in [0.29, 0.717) is 12.0 Å². The van der Waals surface area contributed by atoms with Crippen LogP contribution in [0.1, 0.15) is 40.1 Å². The lowest BCUT2D eigenvalue weighted by Gasteiger charge is -2.16. The summed E-state index contributed by atoms with van der Waals surface area (Å²) in [5, 5.41) is 4.74. The summed E-state index contributed by atoms with van der Waals surface area (Å²) in [6.45, 7) is 0. The molecule has 0 spiro atoms. The highest BCUT2D eigenvalue weighted by atomic mass is 32.1. The highest BCUT2D eigenvalue weighted by Crippen LogP contribution is 2.27. The highest BCUT2D eigenvalue weighted by molar-refractivity contribution is 7.09. The van der Waals surface area contributed by atoms with Crippen LogP contribution in [0.25, 0.3) is 5.57 Å². The molecule has 1 amide bonds. The Morgan fingerprint density at radius 1 is 1.24 bits per heavy atom. The molecule has 1 aliphatic rings. The minimum absolute atomic E-state index is 0.265. The van der Waals surface area contributed by atoms with Gasteiger partial charge in [0.2, 0.25) is 0 Å². The molecule has 1 unspecified atom stereocenters. The van der Waals surface area contributed by atoms with Gasteiger partial charge in [-0.2, -0.15) is 0 Å². The van der Waals surface area contributed by atoms with Crippen molar-refractivity contribution in [3.63, 3.8) is 0 Å². The van der Waals surface area contributed by atoms with Crippen LogP contribution >= 0.6 is 11.3 Å². The number of allylic oxidation sites excluding steroid dienone is 2.